The Bertz CT molecular complexity index is 405. The Morgan fingerprint density at radius 1 is 0.920 bits per heavy atom. The summed E-state index contributed by atoms with van der Waals surface area (Å²) in [4.78, 5) is 12.2. The molecule has 0 aromatic carbocycles. The Hall–Kier alpha value is -0.770. The Morgan fingerprint density at radius 3 is 1.84 bits per heavy atom. The van der Waals surface area contributed by atoms with Gasteiger partial charge in [-0.25, -0.2) is 4.79 Å². The van der Waals surface area contributed by atoms with Crippen molar-refractivity contribution in [3.8, 4) is 0 Å². The van der Waals surface area contributed by atoms with Gasteiger partial charge in [-0.1, -0.05) is 41.5 Å². The summed E-state index contributed by atoms with van der Waals surface area (Å²) in [7, 11) is 0. The average molecular weight is 359 g/mol. The Kier molecular flexibility index (Phi) is 8.96. The zero-order valence-corrected chi connectivity index (χ0v) is 18.5. The van der Waals surface area contributed by atoms with Gasteiger partial charge in [-0.15, -0.1) is 0 Å². The second-order valence-corrected chi connectivity index (χ2v) is 9.77. The van der Waals surface area contributed by atoms with Crippen LogP contribution in [-0.4, -0.2) is 30.1 Å². The van der Waals surface area contributed by atoms with Gasteiger partial charge in [0.05, 0.1) is 18.3 Å². The van der Waals surface area contributed by atoms with Crippen LogP contribution in [0.15, 0.2) is 0 Å². The van der Waals surface area contributed by atoms with Crippen molar-refractivity contribution in [1.29, 1.82) is 0 Å². The standard InChI is InChI=1S/C21H42O4/c1-12-21(11,15(2)13-17(4)24-20(8,9)10)25-18(22)23-14-16(3)19(5,6)7/h15-17H,12-14H2,1-11H3. The zero-order valence-electron chi connectivity index (χ0n) is 18.5. The Balaban J connectivity index is 4.68. The van der Waals surface area contributed by atoms with Gasteiger partial charge in [0.25, 0.3) is 0 Å². The maximum atomic E-state index is 12.2. The van der Waals surface area contributed by atoms with Crippen molar-refractivity contribution in [3.63, 3.8) is 0 Å². The summed E-state index contributed by atoms with van der Waals surface area (Å²) >= 11 is 0. The molecule has 0 aliphatic carbocycles. The average Bonchev–Trinajstić information content (AvgIpc) is 2.41. The third-order valence-electron chi connectivity index (χ3n) is 5.23. The van der Waals surface area contributed by atoms with E-state index in [0.29, 0.717) is 6.61 Å². The number of rotatable bonds is 8. The van der Waals surface area contributed by atoms with Crippen LogP contribution in [0.25, 0.3) is 0 Å². The fourth-order valence-electron chi connectivity index (χ4n) is 2.58. The van der Waals surface area contributed by atoms with E-state index in [1.807, 2.05) is 13.8 Å². The minimum absolute atomic E-state index is 0.0985. The van der Waals surface area contributed by atoms with E-state index in [9.17, 15) is 4.79 Å². The molecule has 4 atom stereocenters. The molecule has 4 nitrogen and oxygen atoms in total. The molecular weight excluding hydrogens is 316 g/mol. The molecule has 150 valence electrons. The molecule has 0 spiro atoms. The molecule has 0 saturated carbocycles. The Labute approximate surface area is 156 Å². The first kappa shape index (κ1) is 24.2. The van der Waals surface area contributed by atoms with Gasteiger partial charge in [0.15, 0.2) is 0 Å². The molecule has 4 heteroatoms. The highest BCUT2D eigenvalue weighted by Crippen LogP contribution is 2.31. The second-order valence-electron chi connectivity index (χ2n) is 9.77. The van der Waals surface area contributed by atoms with Crippen LogP contribution in [0.5, 0.6) is 0 Å². The van der Waals surface area contributed by atoms with Gasteiger partial charge >= 0.3 is 6.16 Å². The fraction of sp³-hybridized carbons (Fsp3) is 0.952. The van der Waals surface area contributed by atoms with E-state index in [2.05, 4.69) is 62.3 Å². The largest absolute Gasteiger partial charge is 0.508 e. The number of ether oxygens (including phenoxy) is 3. The maximum absolute atomic E-state index is 12.2. The SMILES string of the molecule is CCC(C)(OC(=O)OCC(C)C(C)(C)C)C(C)CC(C)OC(C)(C)C. The van der Waals surface area contributed by atoms with Crippen molar-refractivity contribution in [2.24, 2.45) is 17.3 Å². The smallest absolute Gasteiger partial charge is 0.434 e. The predicted octanol–water partition coefficient (Wildman–Crippen LogP) is 6.22. The third kappa shape index (κ3) is 9.48. The minimum Gasteiger partial charge on any atom is -0.434 e. The number of carbonyl (C=O) groups is 1. The van der Waals surface area contributed by atoms with Gasteiger partial charge < -0.3 is 14.2 Å². The normalized spacial score (nSPS) is 18.8. The summed E-state index contributed by atoms with van der Waals surface area (Å²) in [5, 5.41) is 0. The van der Waals surface area contributed by atoms with Crippen LogP contribution < -0.4 is 0 Å². The van der Waals surface area contributed by atoms with Crippen LogP contribution in [0.4, 0.5) is 4.79 Å². The molecule has 4 unspecified atom stereocenters. The minimum atomic E-state index is -0.573. The lowest BCUT2D eigenvalue weighted by Crippen LogP contribution is -2.40. The third-order valence-corrected chi connectivity index (χ3v) is 5.23. The van der Waals surface area contributed by atoms with E-state index in [-0.39, 0.29) is 29.0 Å². The van der Waals surface area contributed by atoms with Gasteiger partial charge in [-0.2, -0.15) is 0 Å². The van der Waals surface area contributed by atoms with Crippen LogP contribution in [-0.2, 0) is 14.2 Å². The van der Waals surface area contributed by atoms with Gasteiger partial charge in [0.1, 0.15) is 5.60 Å². The first-order valence-corrected chi connectivity index (χ1v) is 9.64. The molecule has 0 saturated heterocycles. The monoisotopic (exact) mass is 358 g/mol. The summed E-state index contributed by atoms with van der Waals surface area (Å²) in [5.41, 5.74) is -0.635. The zero-order chi connectivity index (χ0) is 20.1. The molecule has 0 aromatic heterocycles. The lowest BCUT2D eigenvalue weighted by atomic mass is 9.83. The number of hydrogen-bond donors (Lipinski definition) is 0. The molecule has 0 heterocycles. The highest BCUT2D eigenvalue weighted by Gasteiger charge is 2.36. The molecule has 0 aliphatic heterocycles. The van der Waals surface area contributed by atoms with Gasteiger partial charge in [-0.3, -0.25) is 0 Å². The molecule has 0 aromatic rings. The van der Waals surface area contributed by atoms with Crippen molar-refractivity contribution >= 4 is 6.16 Å². The van der Waals surface area contributed by atoms with E-state index >= 15 is 0 Å². The predicted molar refractivity (Wildman–Crippen MR) is 104 cm³/mol. The van der Waals surface area contributed by atoms with Crippen LogP contribution in [0.1, 0.15) is 89.0 Å². The van der Waals surface area contributed by atoms with Crippen molar-refractivity contribution in [2.45, 2.75) is 106 Å². The van der Waals surface area contributed by atoms with Crippen molar-refractivity contribution in [2.75, 3.05) is 6.61 Å². The fourth-order valence-corrected chi connectivity index (χ4v) is 2.58. The lowest BCUT2D eigenvalue weighted by molar-refractivity contribution is -0.0952. The number of hydrogen-bond acceptors (Lipinski definition) is 4. The van der Waals surface area contributed by atoms with E-state index < -0.39 is 11.8 Å². The van der Waals surface area contributed by atoms with Gasteiger partial charge in [-0.05, 0) is 64.7 Å². The molecule has 0 N–H and O–H groups in total. The molecule has 0 radical (unpaired) electrons. The highest BCUT2D eigenvalue weighted by molar-refractivity contribution is 5.60. The summed E-state index contributed by atoms with van der Waals surface area (Å²) in [6.07, 6.45) is 1.09. The van der Waals surface area contributed by atoms with E-state index in [0.717, 1.165) is 12.8 Å². The van der Waals surface area contributed by atoms with Gasteiger partial charge in [0, 0.05) is 0 Å². The summed E-state index contributed by atoms with van der Waals surface area (Å²) < 4.78 is 17.1. The molecular formula is C21H42O4. The van der Waals surface area contributed by atoms with E-state index in [1.54, 1.807) is 0 Å². The van der Waals surface area contributed by atoms with Crippen LogP contribution in [0.3, 0.4) is 0 Å². The van der Waals surface area contributed by atoms with Crippen LogP contribution in [0.2, 0.25) is 0 Å². The van der Waals surface area contributed by atoms with Gasteiger partial charge in [0.2, 0.25) is 0 Å². The van der Waals surface area contributed by atoms with Crippen molar-refractivity contribution in [1.82, 2.24) is 0 Å². The molecule has 0 fully saturated rings. The highest BCUT2D eigenvalue weighted by atomic mass is 16.7. The van der Waals surface area contributed by atoms with E-state index in [4.69, 9.17) is 14.2 Å². The summed E-state index contributed by atoms with van der Waals surface area (Å²) in [6, 6.07) is 0. The van der Waals surface area contributed by atoms with Crippen LogP contribution >= 0.6 is 0 Å². The summed E-state index contributed by atoms with van der Waals surface area (Å²) in [5.74, 6) is 0.438. The molecule has 0 aliphatic rings. The molecule has 25 heavy (non-hydrogen) atoms. The summed E-state index contributed by atoms with van der Waals surface area (Å²) in [6.45, 7) is 23.2. The molecule has 0 bridgehead atoms. The number of carbonyl (C=O) groups excluding carboxylic acids is 1. The van der Waals surface area contributed by atoms with Crippen molar-refractivity contribution < 1.29 is 19.0 Å². The lowest BCUT2D eigenvalue weighted by Gasteiger charge is -2.36. The maximum Gasteiger partial charge on any atom is 0.508 e. The molecule has 0 amide bonds. The topological polar surface area (TPSA) is 44.8 Å². The van der Waals surface area contributed by atoms with Crippen molar-refractivity contribution in [3.05, 3.63) is 0 Å². The van der Waals surface area contributed by atoms with E-state index in [1.165, 1.54) is 0 Å². The molecule has 0 rings (SSSR count). The quantitative estimate of drug-likeness (QED) is 0.483. The van der Waals surface area contributed by atoms with Crippen LogP contribution in [0, 0.1) is 17.3 Å². The first-order chi connectivity index (χ1) is 11.1. The Morgan fingerprint density at radius 2 is 1.44 bits per heavy atom. The first-order valence-electron chi connectivity index (χ1n) is 9.64. The second kappa shape index (κ2) is 9.25.